The molecular formula is C11H16N2O2. The van der Waals surface area contributed by atoms with E-state index in [1.807, 2.05) is 36.2 Å². The number of carbonyl (C=O) groups excluding carboxylic acids is 1. The van der Waals surface area contributed by atoms with Crippen molar-refractivity contribution < 1.29 is 9.53 Å². The van der Waals surface area contributed by atoms with Gasteiger partial charge in [0.1, 0.15) is 0 Å². The number of ether oxygens (including phenoxy) is 1. The number of rotatable bonds is 4. The predicted molar refractivity (Wildman–Crippen MR) is 60.8 cm³/mol. The Kier molecular flexibility index (Phi) is 3.97. The fourth-order valence-corrected chi connectivity index (χ4v) is 1.22. The van der Waals surface area contributed by atoms with Crippen LogP contribution in [0.4, 0.5) is 11.4 Å². The first-order valence-electron chi connectivity index (χ1n) is 4.77. The van der Waals surface area contributed by atoms with E-state index in [9.17, 15) is 4.79 Å². The lowest BCUT2D eigenvalue weighted by Gasteiger charge is -2.18. The molecule has 4 heteroatoms. The highest BCUT2D eigenvalue weighted by molar-refractivity contribution is 5.70. The maximum atomic E-state index is 10.9. The van der Waals surface area contributed by atoms with Crippen LogP contribution < -0.4 is 10.6 Å². The lowest BCUT2D eigenvalue weighted by atomic mass is 10.2. The van der Waals surface area contributed by atoms with Gasteiger partial charge >= 0.3 is 5.97 Å². The summed E-state index contributed by atoms with van der Waals surface area (Å²) in [4.78, 5) is 12.9. The molecule has 0 radical (unpaired) electrons. The molecule has 0 heterocycles. The molecule has 2 N–H and O–H groups in total. The van der Waals surface area contributed by atoms with Gasteiger partial charge in [-0.25, -0.2) is 0 Å². The first-order chi connectivity index (χ1) is 7.13. The maximum Gasteiger partial charge on any atom is 0.307 e. The number of benzene rings is 1. The van der Waals surface area contributed by atoms with Crippen LogP contribution in [0.1, 0.15) is 6.42 Å². The van der Waals surface area contributed by atoms with Crippen LogP contribution >= 0.6 is 0 Å². The van der Waals surface area contributed by atoms with Crippen LogP contribution in [-0.2, 0) is 9.53 Å². The SMILES string of the molecule is COC(=O)CCN(C)c1ccc(N)cc1. The van der Waals surface area contributed by atoms with Gasteiger partial charge < -0.3 is 15.4 Å². The summed E-state index contributed by atoms with van der Waals surface area (Å²) in [5.74, 6) is -0.197. The van der Waals surface area contributed by atoms with Crippen LogP contribution in [0.25, 0.3) is 0 Å². The van der Waals surface area contributed by atoms with E-state index in [0.29, 0.717) is 13.0 Å². The lowest BCUT2D eigenvalue weighted by Crippen LogP contribution is -2.21. The van der Waals surface area contributed by atoms with E-state index in [4.69, 9.17) is 5.73 Å². The quantitative estimate of drug-likeness (QED) is 0.598. The minimum absolute atomic E-state index is 0.197. The zero-order valence-corrected chi connectivity index (χ0v) is 9.06. The fourth-order valence-electron chi connectivity index (χ4n) is 1.22. The fraction of sp³-hybridized carbons (Fsp3) is 0.364. The number of methoxy groups -OCH3 is 1. The molecule has 0 amide bonds. The summed E-state index contributed by atoms with van der Waals surface area (Å²) in [6.07, 6.45) is 0.386. The van der Waals surface area contributed by atoms with Crippen LogP contribution in [0, 0.1) is 0 Å². The summed E-state index contributed by atoms with van der Waals surface area (Å²) >= 11 is 0. The molecule has 0 fully saturated rings. The van der Waals surface area contributed by atoms with Gasteiger partial charge in [0.25, 0.3) is 0 Å². The summed E-state index contributed by atoms with van der Waals surface area (Å²) in [6.45, 7) is 0.636. The predicted octanol–water partition coefficient (Wildman–Crippen LogP) is 1.27. The van der Waals surface area contributed by atoms with Crippen LogP contribution in [-0.4, -0.2) is 26.7 Å². The summed E-state index contributed by atoms with van der Waals surface area (Å²) in [5, 5.41) is 0. The second-order valence-corrected chi connectivity index (χ2v) is 3.34. The van der Waals surface area contributed by atoms with Crippen molar-refractivity contribution in [2.75, 3.05) is 31.3 Å². The monoisotopic (exact) mass is 208 g/mol. The standard InChI is InChI=1S/C11H16N2O2/c1-13(8-7-11(14)15-2)10-5-3-9(12)4-6-10/h3-6H,7-8,12H2,1-2H3. The molecule has 82 valence electrons. The first kappa shape index (κ1) is 11.4. The Labute approximate surface area is 89.6 Å². The van der Waals surface area contributed by atoms with Gasteiger partial charge in [0.05, 0.1) is 13.5 Å². The summed E-state index contributed by atoms with van der Waals surface area (Å²) in [5.41, 5.74) is 7.35. The number of hydrogen-bond donors (Lipinski definition) is 1. The van der Waals surface area contributed by atoms with Crippen LogP contribution in [0.5, 0.6) is 0 Å². The van der Waals surface area contributed by atoms with E-state index in [-0.39, 0.29) is 5.97 Å². The lowest BCUT2D eigenvalue weighted by molar-refractivity contribution is -0.140. The Morgan fingerprint density at radius 3 is 2.53 bits per heavy atom. The molecular weight excluding hydrogens is 192 g/mol. The van der Waals surface area contributed by atoms with Gasteiger partial charge in [0.15, 0.2) is 0 Å². The van der Waals surface area contributed by atoms with Gasteiger partial charge in [-0.1, -0.05) is 0 Å². The molecule has 0 aliphatic carbocycles. The number of hydrogen-bond acceptors (Lipinski definition) is 4. The number of carbonyl (C=O) groups is 1. The number of nitrogens with zero attached hydrogens (tertiary/aromatic N) is 1. The van der Waals surface area contributed by atoms with Crippen molar-refractivity contribution in [1.82, 2.24) is 0 Å². The van der Waals surface area contributed by atoms with E-state index in [1.165, 1.54) is 7.11 Å². The molecule has 0 saturated carbocycles. The Morgan fingerprint density at radius 2 is 2.00 bits per heavy atom. The second-order valence-electron chi connectivity index (χ2n) is 3.34. The molecule has 15 heavy (non-hydrogen) atoms. The normalized spacial score (nSPS) is 9.73. The third kappa shape index (κ3) is 3.50. The zero-order valence-electron chi connectivity index (χ0n) is 9.06. The molecule has 0 unspecified atom stereocenters. The maximum absolute atomic E-state index is 10.9. The minimum Gasteiger partial charge on any atom is -0.469 e. The van der Waals surface area contributed by atoms with E-state index in [2.05, 4.69) is 4.74 Å². The molecule has 0 bridgehead atoms. The largest absolute Gasteiger partial charge is 0.469 e. The van der Waals surface area contributed by atoms with Crippen LogP contribution in [0.3, 0.4) is 0 Å². The number of esters is 1. The van der Waals surface area contributed by atoms with E-state index in [1.54, 1.807) is 0 Å². The third-order valence-electron chi connectivity index (χ3n) is 2.21. The smallest absolute Gasteiger partial charge is 0.307 e. The highest BCUT2D eigenvalue weighted by atomic mass is 16.5. The van der Waals surface area contributed by atoms with Gasteiger partial charge in [0.2, 0.25) is 0 Å². The summed E-state index contributed by atoms with van der Waals surface area (Å²) in [6, 6.07) is 7.52. The first-order valence-corrected chi connectivity index (χ1v) is 4.77. The Hall–Kier alpha value is -1.71. The molecule has 0 saturated heterocycles. The number of anilines is 2. The molecule has 0 aliphatic heterocycles. The molecule has 0 atom stereocenters. The third-order valence-corrected chi connectivity index (χ3v) is 2.21. The zero-order chi connectivity index (χ0) is 11.3. The molecule has 0 aromatic heterocycles. The van der Waals surface area contributed by atoms with Crippen molar-refractivity contribution >= 4 is 17.3 Å². The van der Waals surface area contributed by atoms with Crippen molar-refractivity contribution in [3.63, 3.8) is 0 Å². The van der Waals surface area contributed by atoms with Crippen LogP contribution in [0.2, 0.25) is 0 Å². The van der Waals surface area contributed by atoms with Crippen molar-refractivity contribution in [2.24, 2.45) is 0 Å². The number of nitrogen functional groups attached to an aromatic ring is 1. The van der Waals surface area contributed by atoms with Gasteiger partial charge in [-0.15, -0.1) is 0 Å². The Bertz CT molecular complexity index is 322. The second kappa shape index (κ2) is 5.24. The topological polar surface area (TPSA) is 55.6 Å². The van der Waals surface area contributed by atoms with Gasteiger partial charge in [-0.2, -0.15) is 0 Å². The molecule has 0 aliphatic rings. The van der Waals surface area contributed by atoms with Crippen molar-refractivity contribution in [3.05, 3.63) is 24.3 Å². The highest BCUT2D eigenvalue weighted by Gasteiger charge is 2.04. The summed E-state index contributed by atoms with van der Waals surface area (Å²) < 4.78 is 4.57. The van der Waals surface area contributed by atoms with Gasteiger partial charge in [-0.05, 0) is 24.3 Å². The van der Waals surface area contributed by atoms with Crippen LogP contribution in [0.15, 0.2) is 24.3 Å². The van der Waals surface area contributed by atoms with E-state index < -0.39 is 0 Å². The minimum atomic E-state index is -0.197. The molecule has 0 spiro atoms. The van der Waals surface area contributed by atoms with Crippen molar-refractivity contribution in [2.45, 2.75) is 6.42 Å². The van der Waals surface area contributed by atoms with Gasteiger partial charge in [-0.3, -0.25) is 4.79 Å². The Balaban J connectivity index is 2.50. The molecule has 1 aromatic carbocycles. The average Bonchev–Trinajstić information content (AvgIpc) is 2.26. The van der Waals surface area contributed by atoms with Crippen molar-refractivity contribution in [1.29, 1.82) is 0 Å². The molecule has 4 nitrogen and oxygen atoms in total. The van der Waals surface area contributed by atoms with Gasteiger partial charge in [0, 0.05) is 25.0 Å². The Morgan fingerprint density at radius 1 is 1.40 bits per heavy atom. The van der Waals surface area contributed by atoms with E-state index >= 15 is 0 Å². The number of nitrogens with two attached hydrogens (primary N) is 1. The van der Waals surface area contributed by atoms with E-state index in [0.717, 1.165) is 11.4 Å². The highest BCUT2D eigenvalue weighted by Crippen LogP contribution is 2.14. The summed E-state index contributed by atoms with van der Waals surface area (Å²) in [7, 11) is 3.32. The molecule has 1 aromatic rings. The average molecular weight is 208 g/mol. The molecule has 1 rings (SSSR count). The van der Waals surface area contributed by atoms with Crippen molar-refractivity contribution in [3.8, 4) is 0 Å².